The van der Waals surface area contributed by atoms with Crippen molar-refractivity contribution in [1.29, 1.82) is 0 Å². The van der Waals surface area contributed by atoms with Crippen LogP contribution in [0.4, 0.5) is 5.69 Å². The molecule has 1 rings (SSSR count). The van der Waals surface area contributed by atoms with E-state index in [-0.39, 0.29) is 24.8 Å². The molecule has 0 aliphatic rings. The van der Waals surface area contributed by atoms with Crippen LogP contribution in [0, 0.1) is 0 Å². The summed E-state index contributed by atoms with van der Waals surface area (Å²) in [5.74, 6) is 0.524. The Bertz CT molecular complexity index is 339. The van der Waals surface area contributed by atoms with Gasteiger partial charge in [0.05, 0.1) is 12.7 Å². The molecule has 0 spiro atoms. The van der Waals surface area contributed by atoms with E-state index >= 15 is 0 Å². The van der Waals surface area contributed by atoms with Crippen LogP contribution in [-0.4, -0.2) is 34.6 Å². The summed E-state index contributed by atoms with van der Waals surface area (Å²) in [6.07, 6.45) is -0.785. The second kappa shape index (κ2) is 5.72. The van der Waals surface area contributed by atoms with Crippen LogP contribution in [0.3, 0.4) is 0 Å². The van der Waals surface area contributed by atoms with Crippen LogP contribution in [0.1, 0.15) is 25.3 Å². The molecule has 0 aliphatic heterocycles. The van der Waals surface area contributed by atoms with Gasteiger partial charge in [-0.3, -0.25) is 0 Å². The van der Waals surface area contributed by atoms with Crippen molar-refractivity contribution in [3.05, 3.63) is 23.8 Å². The monoisotopic (exact) mass is 225 g/mol. The first-order valence-electron chi connectivity index (χ1n) is 5.40. The molecule has 0 aromatic heterocycles. The molecule has 1 aromatic carbocycles. The maximum Gasteiger partial charge on any atom is 0.121 e. The maximum atomic E-state index is 9.73. The molecule has 4 nitrogen and oxygen atoms in total. The number of hydrogen-bond acceptors (Lipinski definition) is 4. The van der Waals surface area contributed by atoms with Crippen molar-refractivity contribution in [1.82, 2.24) is 0 Å². The Morgan fingerprint density at radius 2 is 2.00 bits per heavy atom. The van der Waals surface area contributed by atoms with Gasteiger partial charge in [-0.05, 0) is 17.5 Å². The zero-order valence-corrected chi connectivity index (χ0v) is 9.64. The first-order chi connectivity index (χ1) is 7.54. The van der Waals surface area contributed by atoms with Crippen LogP contribution in [0.5, 0.6) is 5.75 Å². The summed E-state index contributed by atoms with van der Waals surface area (Å²) in [6, 6.07) is 5.33. The van der Waals surface area contributed by atoms with Gasteiger partial charge in [0.2, 0.25) is 0 Å². The number of aromatic hydroxyl groups is 1. The van der Waals surface area contributed by atoms with E-state index in [2.05, 4.69) is 5.32 Å². The summed E-state index contributed by atoms with van der Waals surface area (Å²) in [7, 11) is 0. The highest BCUT2D eigenvalue weighted by molar-refractivity contribution is 5.52. The molecule has 0 saturated carbocycles. The largest absolute Gasteiger partial charge is 0.508 e. The number of rotatable bonds is 5. The van der Waals surface area contributed by atoms with Gasteiger partial charge >= 0.3 is 0 Å². The van der Waals surface area contributed by atoms with Crippen LogP contribution >= 0.6 is 0 Å². The lowest BCUT2D eigenvalue weighted by Crippen LogP contribution is -2.22. The quantitative estimate of drug-likeness (QED) is 0.609. The number of benzene rings is 1. The van der Waals surface area contributed by atoms with Gasteiger partial charge < -0.3 is 20.6 Å². The summed E-state index contributed by atoms with van der Waals surface area (Å²) >= 11 is 0. The summed E-state index contributed by atoms with van der Waals surface area (Å²) in [5.41, 5.74) is 1.63. The van der Waals surface area contributed by atoms with Crippen LogP contribution in [0.15, 0.2) is 18.2 Å². The minimum absolute atomic E-state index is 0.249. The predicted octanol–water partition coefficient (Wildman–Crippen LogP) is 1.28. The molecule has 0 fully saturated rings. The highest BCUT2D eigenvalue weighted by atomic mass is 16.3. The smallest absolute Gasteiger partial charge is 0.121 e. The first kappa shape index (κ1) is 12.8. The fourth-order valence-electron chi connectivity index (χ4n) is 1.44. The Morgan fingerprint density at radius 1 is 1.31 bits per heavy atom. The number of phenols is 1. The van der Waals surface area contributed by atoms with Crippen molar-refractivity contribution in [3.63, 3.8) is 0 Å². The Balaban J connectivity index is 2.66. The zero-order valence-electron chi connectivity index (χ0n) is 9.64. The molecule has 0 saturated heterocycles. The van der Waals surface area contributed by atoms with Crippen molar-refractivity contribution in [2.75, 3.05) is 18.5 Å². The minimum atomic E-state index is -0.785. The summed E-state index contributed by atoms with van der Waals surface area (Å²) in [4.78, 5) is 0. The molecule has 4 heteroatoms. The van der Waals surface area contributed by atoms with E-state index in [9.17, 15) is 5.11 Å². The predicted molar refractivity (Wildman–Crippen MR) is 63.8 cm³/mol. The third kappa shape index (κ3) is 3.40. The van der Waals surface area contributed by atoms with Crippen molar-refractivity contribution in [2.24, 2.45) is 0 Å². The van der Waals surface area contributed by atoms with Crippen molar-refractivity contribution >= 4 is 5.69 Å². The molecule has 16 heavy (non-hydrogen) atoms. The van der Waals surface area contributed by atoms with E-state index in [1.54, 1.807) is 6.07 Å². The molecule has 0 aliphatic carbocycles. The van der Waals surface area contributed by atoms with Crippen molar-refractivity contribution in [3.8, 4) is 5.75 Å². The molecule has 1 aromatic rings. The third-order valence-corrected chi connectivity index (χ3v) is 2.41. The Kier molecular flexibility index (Phi) is 4.58. The second-order valence-electron chi connectivity index (χ2n) is 4.15. The Hall–Kier alpha value is -1.26. The maximum absolute atomic E-state index is 9.73. The molecular weight excluding hydrogens is 206 g/mol. The lowest BCUT2D eigenvalue weighted by Gasteiger charge is -2.13. The van der Waals surface area contributed by atoms with Gasteiger partial charge in [-0.1, -0.05) is 19.9 Å². The van der Waals surface area contributed by atoms with Gasteiger partial charge in [-0.2, -0.15) is 0 Å². The standard InChI is InChI=1S/C12H19NO3/c1-8(2)11-4-3-9(5-12(11)16)13-6-10(15)7-14/h3-5,8,10,13-16H,6-7H2,1-2H3. The van der Waals surface area contributed by atoms with E-state index < -0.39 is 6.10 Å². The number of anilines is 1. The van der Waals surface area contributed by atoms with Crippen LogP contribution < -0.4 is 5.32 Å². The molecule has 0 amide bonds. The van der Waals surface area contributed by atoms with E-state index in [1.165, 1.54) is 0 Å². The van der Waals surface area contributed by atoms with Gasteiger partial charge in [0.25, 0.3) is 0 Å². The van der Waals surface area contributed by atoms with Crippen LogP contribution in [0.2, 0.25) is 0 Å². The summed E-state index contributed by atoms with van der Waals surface area (Å²) in [5, 5.41) is 30.5. The zero-order chi connectivity index (χ0) is 12.1. The number of aliphatic hydroxyl groups is 2. The fourth-order valence-corrected chi connectivity index (χ4v) is 1.44. The van der Waals surface area contributed by atoms with Crippen LogP contribution in [-0.2, 0) is 0 Å². The van der Waals surface area contributed by atoms with Crippen molar-refractivity contribution in [2.45, 2.75) is 25.9 Å². The average molecular weight is 225 g/mol. The van der Waals surface area contributed by atoms with Gasteiger partial charge in [0.1, 0.15) is 5.75 Å². The lowest BCUT2D eigenvalue weighted by molar-refractivity contribution is 0.105. The number of hydrogen-bond donors (Lipinski definition) is 4. The normalized spacial score (nSPS) is 12.8. The number of phenolic OH excluding ortho intramolecular Hbond substituents is 1. The topological polar surface area (TPSA) is 72.7 Å². The molecule has 0 bridgehead atoms. The number of aliphatic hydroxyl groups excluding tert-OH is 2. The van der Waals surface area contributed by atoms with Gasteiger partial charge in [0, 0.05) is 18.3 Å². The highest BCUT2D eigenvalue weighted by Crippen LogP contribution is 2.27. The molecule has 1 atom stereocenters. The van der Waals surface area contributed by atoms with Gasteiger partial charge in [0.15, 0.2) is 0 Å². The van der Waals surface area contributed by atoms with Gasteiger partial charge in [-0.15, -0.1) is 0 Å². The highest BCUT2D eigenvalue weighted by Gasteiger charge is 2.07. The fraction of sp³-hybridized carbons (Fsp3) is 0.500. The van der Waals surface area contributed by atoms with Gasteiger partial charge in [-0.25, -0.2) is 0 Å². The minimum Gasteiger partial charge on any atom is -0.508 e. The van der Waals surface area contributed by atoms with Crippen molar-refractivity contribution < 1.29 is 15.3 Å². The average Bonchev–Trinajstić information content (AvgIpc) is 2.25. The summed E-state index contributed by atoms with van der Waals surface area (Å²) in [6.45, 7) is 4.01. The third-order valence-electron chi connectivity index (χ3n) is 2.41. The molecule has 0 heterocycles. The van der Waals surface area contributed by atoms with E-state index in [1.807, 2.05) is 26.0 Å². The Morgan fingerprint density at radius 3 is 2.50 bits per heavy atom. The summed E-state index contributed by atoms with van der Waals surface area (Å²) < 4.78 is 0. The SMILES string of the molecule is CC(C)c1ccc(NCC(O)CO)cc1O. The van der Waals surface area contributed by atoms with E-state index in [4.69, 9.17) is 10.2 Å². The molecular formula is C12H19NO3. The van der Waals surface area contributed by atoms with Crippen LogP contribution in [0.25, 0.3) is 0 Å². The number of nitrogens with one attached hydrogen (secondary N) is 1. The van der Waals surface area contributed by atoms with E-state index in [0.717, 1.165) is 11.3 Å². The Labute approximate surface area is 95.6 Å². The van der Waals surface area contributed by atoms with E-state index in [0.29, 0.717) is 0 Å². The second-order valence-corrected chi connectivity index (χ2v) is 4.15. The molecule has 4 N–H and O–H groups in total. The molecule has 0 radical (unpaired) electrons. The lowest BCUT2D eigenvalue weighted by atomic mass is 10.0. The molecule has 90 valence electrons. The first-order valence-corrected chi connectivity index (χ1v) is 5.40. The molecule has 1 unspecified atom stereocenters.